The van der Waals surface area contributed by atoms with Crippen LogP contribution in [0.15, 0.2) is 59.3 Å². The Balaban J connectivity index is 1.37. The summed E-state index contributed by atoms with van der Waals surface area (Å²) >= 11 is 6.45. The van der Waals surface area contributed by atoms with E-state index in [0.29, 0.717) is 11.1 Å². The van der Waals surface area contributed by atoms with Crippen LogP contribution < -0.4 is 10.8 Å². The molecule has 0 bridgehead atoms. The summed E-state index contributed by atoms with van der Waals surface area (Å²) < 4.78 is 7.38. The third kappa shape index (κ3) is 3.83. The maximum absolute atomic E-state index is 6.45. The SMILES string of the molecule is Bc1cnn2c(NC3CCN(Cc4ccco4)CC3)cc(-c3ccccc3Cl)nc12. The third-order valence-electron chi connectivity index (χ3n) is 5.70. The van der Waals surface area contributed by atoms with Gasteiger partial charge in [0.15, 0.2) is 5.65 Å². The zero-order chi connectivity index (χ0) is 20.5. The van der Waals surface area contributed by atoms with E-state index in [0.717, 1.165) is 66.4 Å². The van der Waals surface area contributed by atoms with Crippen molar-refractivity contribution in [3.63, 3.8) is 0 Å². The largest absolute Gasteiger partial charge is 0.468 e. The van der Waals surface area contributed by atoms with Crippen molar-refractivity contribution >= 4 is 36.4 Å². The lowest BCUT2D eigenvalue weighted by molar-refractivity contribution is 0.196. The van der Waals surface area contributed by atoms with Crippen LogP contribution in [0, 0.1) is 0 Å². The van der Waals surface area contributed by atoms with Gasteiger partial charge in [-0.25, -0.2) is 4.98 Å². The highest BCUT2D eigenvalue weighted by Gasteiger charge is 2.21. The number of furan rings is 1. The second-order valence-corrected chi connectivity index (χ2v) is 8.25. The predicted molar refractivity (Wildman–Crippen MR) is 122 cm³/mol. The summed E-state index contributed by atoms with van der Waals surface area (Å²) in [5, 5.41) is 8.95. The molecular formula is C22H23BClN5O. The molecule has 0 aliphatic carbocycles. The zero-order valence-corrected chi connectivity index (χ0v) is 17.6. The van der Waals surface area contributed by atoms with Crippen LogP contribution in [0.4, 0.5) is 5.82 Å². The molecular weight excluding hydrogens is 397 g/mol. The van der Waals surface area contributed by atoms with Crippen LogP contribution in [-0.4, -0.2) is 46.5 Å². The van der Waals surface area contributed by atoms with Gasteiger partial charge in [0, 0.05) is 42.0 Å². The summed E-state index contributed by atoms with van der Waals surface area (Å²) in [5.41, 5.74) is 3.68. The predicted octanol–water partition coefficient (Wildman–Crippen LogP) is 2.98. The van der Waals surface area contributed by atoms with Gasteiger partial charge in [0.1, 0.15) is 19.4 Å². The van der Waals surface area contributed by atoms with Gasteiger partial charge in [-0.05, 0) is 36.5 Å². The second kappa shape index (κ2) is 8.16. The van der Waals surface area contributed by atoms with Gasteiger partial charge in [-0.1, -0.05) is 29.8 Å². The number of likely N-dealkylation sites (tertiary alicyclic amines) is 1. The molecule has 3 aromatic heterocycles. The minimum Gasteiger partial charge on any atom is -0.468 e. The lowest BCUT2D eigenvalue weighted by Gasteiger charge is -2.32. The maximum Gasteiger partial charge on any atom is 0.151 e. The van der Waals surface area contributed by atoms with Gasteiger partial charge in [0.2, 0.25) is 0 Å². The van der Waals surface area contributed by atoms with E-state index in [-0.39, 0.29) is 0 Å². The molecule has 4 aromatic rings. The monoisotopic (exact) mass is 419 g/mol. The van der Waals surface area contributed by atoms with E-state index in [1.54, 1.807) is 6.26 Å². The molecule has 1 saturated heterocycles. The number of benzene rings is 1. The van der Waals surface area contributed by atoms with Crippen LogP contribution in [0.5, 0.6) is 0 Å². The first kappa shape index (κ1) is 19.2. The Morgan fingerprint density at radius 2 is 2.00 bits per heavy atom. The zero-order valence-electron chi connectivity index (χ0n) is 16.9. The van der Waals surface area contributed by atoms with Crippen molar-refractivity contribution in [3.05, 3.63) is 65.7 Å². The fraction of sp³-hybridized carbons (Fsp3) is 0.273. The van der Waals surface area contributed by atoms with Crippen LogP contribution >= 0.6 is 11.6 Å². The molecule has 0 saturated carbocycles. The molecule has 0 radical (unpaired) electrons. The summed E-state index contributed by atoms with van der Waals surface area (Å²) in [6, 6.07) is 14.2. The van der Waals surface area contributed by atoms with Crippen molar-refractivity contribution in [1.82, 2.24) is 19.5 Å². The summed E-state index contributed by atoms with van der Waals surface area (Å²) in [6.45, 7) is 2.93. The average Bonchev–Trinajstić information content (AvgIpc) is 3.40. The number of aromatic nitrogens is 3. The molecule has 1 aromatic carbocycles. The first-order valence-electron chi connectivity index (χ1n) is 10.3. The molecule has 4 heterocycles. The number of rotatable bonds is 5. The Morgan fingerprint density at radius 3 is 2.77 bits per heavy atom. The highest BCUT2D eigenvalue weighted by Crippen LogP contribution is 2.29. The van der Waals surface area contributed by atoms with Gasteiger partial charge in [-0.15, -0.1) is 0 Å². The van der Waals surface area contributed by atoms with E-state index < -0.39 is 0 Å². The molecule has 0 spiro atoms. The van der Waals surface area contributed by atoms with Crippen LogP contribution in [0.2, 0.25) is 5.02 Å². The summed E-state index contributed by atoms with van der Waals surface area (Å²) in [4.78, 5) is 7.27. The van der Waals surface area contributed by atoms with Crippen LogP contribution in [0.3, 0.4) is 0 Å². The van der Waals surface area contributed by atoms with E-state index in [9.17, 15) is 0 Å². The molecule has 0 atom stereocenters. The Bertz CT molecular complexity index is 1150. The molecule has 0 unspecified atom stereocenters. The summed E-state index contributed by atoms with van der Waals surface area (Å²) in [7, 11) is 2.03. The highest BCUT2D eigenvalue weighted by molar-refractivity contribution is 6.36. The van der Waals surface area contributed by atoms with Crippen molar-refractivity contribution in [2.45, 2.75) is 25.4 Å². The standard InChI is InChI=1S/C22H23BClN5O/c23-18-13-25-29-21(12-20(27-22(18)29)17-5-1-2-6-19(17)24)26-15-7-9-28(10-8-15)14-16-4-3-11-30-16/h1-6,11-13,15,26H,7-10,14,23H2. The van der Waals surface area contributed by atoms with E-state index in [1.165, 1.54) is 0 Å². The van der Waals surface area contributed by atoms with Crippen molar-refractivity contribution < 1.29 is 4.42 Å². The number of nitrogens with one attached hydrogen (secondary N) is 1. The third-order valence-corrected chi connectivity index (χ3v) is 6.03. The van der Waals surface area contributed by atoms with E-state index in [2.05, 4.69) is 21.4 Å². The highest BCUT2D eigenvalue weighted by atomic mass is 35.5. The number of halogens is 1. The maximum atomic E-state index is 6.45. The van der Waals surface area contributed by atoms with Crippen molar-refractivity contribution in [2.75, 3.05) is 18.4 Å². The van der Waals surface area contributed by atoms with Gasteiger partial charge < -0.3 is 9.73 Å². The Morgan fingerprint density at radius 1 is 1.17 bits per heavy atom. The van der Waals surface area contributed by atoms with E-state index in [1.807, 2.05) is 55.0 Å². The Hall–Kier alpha value is -2.77. The molecule has 152 valence electrons. The van der Waals surface area contributed by atoms with Crippen molar-refractivity contribution in [1.29, 1.82) is 0 Å². The lowest BCUT2D eigenvalue weighted by atomic mass is 10.0. The number of anilines is 1. The summed E-state index contributed by atoms with van der Waals surface area (Å²) in [6.07, 6.45) is 5.72. The fourth-order valence-electron chi connectivity index (χ4n) is 4.05. The minimum absolute atomic E-state index is 0.382. The molecule has 1 N–H and O–H groups in total. The first-order chi connectivity index (χ1) is 14.7. The molecule has 0 amide bonds. The Kier molecular flexibility index (Phi) is 5.23. The quantitative estimate of drug-likeness (QED) is 0.504. The number of nitrogens with zero attached hydrogens (tertiary/aromatic N) is 4. The Labute approximate surface area is 181 Å². The van der Waals surface area contributed by atoms with Gasteiger partial charge >= 0.3 is 0 Å². The molecule has 1 aliphatic heterocycles. The summed E-state index contributed by atoms with van der Waals surface area (Å²) in [5.74, 6) is 1.97. The topological polar surface area (TPSA) is 58.6 Å². The van der Waals surface area contributed by atoms with Gasteiger partial charge in [-0.2, -0.15) is 9.61 Å². The molecule has 8 heteroatoms. The van der Waals surface area contributed by atoms with Gasteiger partial charge in [-0.3, -0.25) is 4.90 Å². The minimum atomic E-state index is 0.382. The molecule has 30 heavy (non-hydrogen) atoms. The van der Waals surface area contributed by atoms with Crippen LogP contribution in [0.25, 0.3) is 16.9 Å². The van der Waals surface area contributed by atoms with Crippen molar-refractivity contribution in [2.24, 2.45) is 0 Å². The fourth-order valence-corrected chi connectivity index (χ4v) is 4.28. The number of hydrogen-bond donors (Lipinski definition) is 1. The molecule has 1 aliphatic rings. The smallest absolute Gasteiger partial charge is 0.151 e. The molecule has 1 fully saturated rings. The van der Waals surface area contributed by atoms with Crippen LogP contribution in [0.1, 0.15) is 18.6 Å². The normalized spacial score (nSPS) is 15.6. The van der Waals surface area contributed by atoms with Gasteiger partial charge in [0.25, 0.3) is 0 Å². The lowest BCUT2D eigenvalue weighted by Crippen LogP contribution is -2.39. The molecule has 5 rings (SSSR count). The molecule has 6 nitrogen and oxygen atoms in total. The van der Waals surface area contributed by atoms with E-state index in [4.69, 9.17) is 21.0 Å². The number of fused-ring (bicyclic) bond motifs is 1. The second-order valence-electron chi connectivity index (χ2n) is 7.84. The number of piperidine rings is 1. The van der Waals surface area contributed by atoms with Crippen molar-refractivity contribution in [3.8, 4) is 11.3 Å². The van der Waals surface area contributed by atoms with Crippen LogP contribution in [-0.2, 0) is 6.54 Å². The van der Waals surface area contributed by atoms with E-state index >= 15 is 0 Å². The number of hydrogen-bond acceptors (Lipinski definition) is 5. The average molecular weight is 420 g/mol. The van der Waals surface area contributed by atoms with Gasteiger partial charge in [0.05, 0.1) is 18.5 Å². The first-order valence-corrected chi connectivity index (χ1v) is 10.7.